The highest BCUT2D eigenvalue weighted by Crippen LogP contribution is 2.26. The summed E-state index contributed by atoms with van der Waals surface area (Å²) in [5, 5.41) is 14.1. The van der Waals surface area contributed by atoms with Crippen LogP contribution in [0.5, 0.6) is 0 Å². The first-order valence-corrected chi connectivity index (χ1v) is 8.51. The second-order valence-corrected chi connectivity index (χ2v) is 6.42. The summed E-state index contributed by atoms with van der Waals surface area (Å²) in [6, 6.07) is 5.22. The van der Waals surface area contributed by atoms with Gasteiger partial charge in [0.25, 0.3) is 5.91 Å². The van der Waals surface area contributed by atoms with Gasteiger partial charge in [0.1, 0.15) is 12.8 Å². The van der Waals surface area contributed by atoms with E-state index < -0.39 is 0 Å². The first-order chi connectivity index (χ1) is 12.5. The molecule has 0 aliphatic carbocycles. The molecule has 0 saturated carbocycles. The Morgan fingerprint density at radius 1 is 1.42 bits per heavy atom. The SMILES string of the molecule is CO/N=C1/C[C@@H](CO)N(C(=O)c2cnc(-c3cccc(Cl)c3C)cn2)C1. The maximum atomic E-state index is 12.7. The number of aliphatic hydroxyl groups is 1. The van der Waals surface area contributed by atoms with Gasteiger partial charge in [-0.15, -0.1) is 0 Å². The van der Waals surface area contributed by atoms with E-state index in [9.17, 15) is 9.90 Å². The number of benzene rings is 1. The molecular weight excluding hydrogens is 356 g/mol. The Kier molecular flexibility index (Phi) is 5.49. The number of oxime groups is 1. The lowest BCUT2D eigenvalue weighted by molar-refractivity contribution is 0.0674. The number of hydrogen-bond donors (Lipinski definition) is 1. The van der Waals surface area contributed by atoms with Crippen molar-refractivity contribution >= 4 is 23.2 Å². The van der Waals surface area contributed by atoms with Crippen molar-refractivity contribution < 1.29 is 14.7 Å². The quantitative estimate of drug-likeness (QED) is 0.830. The molecule has 26 heavy (non-hydrogen) atoms. The van der Waals surface area contributed by atoms with Crippen LogP contribution >= 0.6 is 11.6 Å². The minimum Gasteiger partial charge on any atom is -0.399 e. The van der Waals surface area contributed by atoms with Gasteiger partial charge in [0.05, 0.1) is 43.0 Å². The fourth-order valence-electron chi connectivity index (χ4n) is 2.98. The Hall–Kier alpha value is -2.51. The molecule has 0 bridgehead atoms. The van der Waals surface area contributed by atoms with E-state index >= 15 is 0 Å². The Bertz CT molecular complexity index is 839. The van der Waals surface area contributed by atoms with E-state index in [0.29, 0.717) is 29.4 Å². The van der Waals surface area contributed by atoms with E-state index in [4.69, 9.17) is 16.4 Å². The summed E-state index contributed by atoms with van der Waals surface area (Å²) in [7, 11) is 1.45. The number of nitrogens with zero attached hydrogens (tertiary/aromatic N) is 4. The van der Waals surface area contributed by atoms with Gasteiger partial charge in [-0.25, -0.2) is 4.98 Å². The number of amides is 1. The number of carbonyl (C=O) groups is 1. The fourth-order valence-corrected chi connectivity index (χ4v) is 3.15. The zero-order chi connectivity index (χ0) is 18.7. The highest BCUT2D eigenvalue weighted by molar-refractivity contribution is 6.31. The van der Waals surface area contributed by atoms with Crippen molar-refractivity contribution in [3.8, 4) is 11.3 Å². The molecule has 1 fully saturated rings. The van der Waals surface area contributed by atoms with Crippen LogP contribution in [0.2, 0.25) is 5.02 Å². The van der Waals surface area contributed by atoms with Crippen molar-refractivity contribution in [2.24, 2.45) is 5.16 Å². The van der Waals surface area contributed by atoms with E-state index in [2.05, 4.69) is 15.1 Å². The number of aromatic nitrogens is 2. The first kappa shape index (κ1) is 18.3. The molecule has 7 nitrogen and oxygen atoms in total. The van der Waals surface area contributed by atoms with Crippen LogP contribution < -0.4 is 0 Å². The van der Waals surface area contributed by atoms with Gasteiger partial charge in [0.15, 0.2) is 0 Å². The average molecular weight is 375 g/mol. The summed E-state index contributed by atoms with van der Waals surface area (Å²) in [5.41, 5.74) is 3.34. The summed E-state index contributed by atoms with van der Waals surface area (Å²) in [5.74, 6) is -0.299. The fraction of sp³-hybridized carbons (Fsp3) is 0.333. The highest BCUT2D eigenvalue weighted by atomic mass is 35.5. The number of hydrogen-bond acceptors (Lipinski definition) is 6. The van der Waals surface area contributed by atoms with Gasteiger partial charge < -0.3 is 14.8 Å². The van der Waals surface area contributed by atoms with Gasteiger partial charge in [-0.05, 0) is 18.6 Å². The van der Waals surface area contributed by atoms with Crippen LogP contribution in [0, 0.1) is 6.92 Å². The molecule has 8 heteroatoms. The van der Waals surface area contributed by atoms with Crippen molar-refractivity contribution in [1.82, 2.24) is 14.9 Å². The van der Waals surface area contributed by atoms with Gasteiger partial charge in [0, 0.05) is 17.0 Å². The molecule has 1 aromatic carbocycles. The van der Waals surface area contributed by atoms with Crippen molar-refractivity contribution in [3.63, 3.8) is 0 Å². The maximum Gasteiger partial charge on any atom is 0.274 e. The van der Waals surface area contributed by atoms with Crippen LogP contribution in [0.4, 0.5) is 0 Å². The Labute approximate surface area is 156 Å². The van der Waals surface area contributed by atoms with Gasteiger partial charge in [0.2, 0.25) is 0 Å². The lowest BCUT2D eigenvalue weighted by atomic mass is 10.1. The molecule has 1 aromatic heterocycles. The molecule has 2 aromatic rings. The lowest BCUT2D eigenvalue weighted by Crippen LogP contribution is -2.38. The third-order valence-electron chi connectivity index (χ3n) is 4.37. The Morgan fingerprint density at radius 2 is 2.23 bits per heavy atom. The summed E-state index contributed by atoms with van der Waals surface area (Å²) >= 11 is 6.15. The van der Waals surface area contributed by atoms with Gasteiger partial charge in [-0.3, -0.25) is 9.78 Å². The summed E-state index contributed by atoms with van der Waals surface area (Å²) in [6.07, 6.45) is 3.47. The standard InChI is InChI=1S/C18H19ClN4O3/c1-11-14(4-3-5-15(11)19)16-7-21-17(8-20-16)18(25)23-9-12(22-26-2)6-13(23)10-24/h3-5,7-8,13,24H,6,9-10H2,1-2H3/b22-12-/t13-/m0/s1. The number of rotatable bonds is 4. The maximum absolute atomic E-state index is 12.7. The van der Waals surface area contributed by atoms with Crippen molar-refractivity contribution in [3.05, 3.63) is 46.9 Å². The third-order valence-corrected chi connectivity index (χ3v) is 4.78. The molecule has 0 spiro atoms. The lowest BCUT2D eigenvalue weighted by Gasteiger charge is -2.21. The molecule has 1 atom stereocenters. The summed E-state index contributed by atoms with van der Waals surface area (Å²) in [4.78, 5) is 27.7. The molecule has 3 rings (SSSR count). The number of carbonyl (C=O) groups excluding carboxylic acids is 1. The van der Waals surface area contributed by atoms with Gasteiger partial charge >= 0.3 is 0 Å². The highest BCUT2D eigenvalue weighted by Gasteiger charge is 2.34. The molecule has 1 aliphatic rings. The molecule has 1 amide bonds. The van der Waals surface area contributed by atoms with Crippen LogP contribution in [-0.4, -0.2) is 57.9 Å². The van der Waals surface area contributed by atoms with E-state index in [-0.39, 0.29) is 24.2 Å². The van der Waals surface area contributed by atoms with E-state index in [1.165, 1.54) is 18.2 Å². The topological polar surface area (TPSA) is 87.9 Å². The van der Waals surface area contributed by atoms with E-state index in [1.807, 2.05) is 25.1 Å². The predicted molar refractivity (Wildman–Crippen MR) is 98.2 cm³/mol. The second-order valence-electron chi connectivity index (χ2n) is 6.01. The average Bonchev–Trinajstić information content (AvgIpc) is 3.07. The largest absolute Gasteiger partial charge is 0.399 e. The third kappa shape index (κ3) is 3.54. The van der Waals surface area contributed by atoms with Crippen LogP contribution in [0.25, 0.3) is 11.3 Å². The zero-order valence-electron chi connectivity index (χ0n) is 14.5. The van der Waals surface area contributed by atoms with Crippen molar-refractivity contribution in [1.29, 1.82) is 0 Å². The number of likely N-dealkylation sites (tertiary alicyclic amines) is 1. The molecule has 136 valence electrons. The normalized spacial score (nSPS) is 18.4. The molecule has 0 radical (unpaired) electrons. The Morgan fingerprint density at radius 3 is 2.88 bits per heavy atom. The van der Waals surface area contributed by atoms with Gasteiger partial charge in [-0.2, -0.15) is 0 Å². The van der Waals surface area contributed by atoms with Crippen LogP contribution in [0.15, 0.2) is 35.7 Å². The van der Waals surface area contributed by atoms with Crippen molar-refractivity contribution in [2.45, 2.75) is 19.4 Å². The summed E-state index contributed by atoms with van der Waals surface area (Å²) in [6.45, 7) is 2.06. The van der Waals surface area contributed by atoms with E-state index in [1.54, 1.807) is 6.20 Å². The number of halogens is 1. The molecule has 2 heterocycles. The second kappa shape index (κ2) is 7.80. The van der Waals surface area contributed by atoms with E-state index in [0.717, 1.165) is 11.1 Å². The molecular formula is C18H19ClN4O3. The molecule has 1 N–H and O–H groups in total. The van der Waals surface area contributed by atoms with Crippen LogP contribution in [-0.2, 0) is 4.84 Å². The van der Waals surface area contributed by atoms with Crippen LogP contribution in [0.3, 0.4) is 0 Å². The molecule has 0 unspecified atom stereocenters. The monoisotopic (exact) mass is 374 g/mol. The zero-order valence-corrected chi connectivity index (χ0v) is 15.3. The predicted octanol–water partition coefficient (Wildman–Crippen LogP) is 2.31. The Balaban J connectivity index is 1.83. The summed E-state index contributed by atoms with van der Waals surface area (Å²) < 4.78 is 0. The number of aliphatic hydroxyl groups excluding tert-OH is 1. The molecule has 1 aliphatic heterocycles. The van der Waals surface area contributed by atoms with Gasteiger partial charge in [-0.1, -0.05) is 28.9 Å². The smallest absolute Gasteiger partial charge is 0.274 e. The van der Waals surface area contributed by atoms with Crippen molar-refractivity contribution in [2.75, 3.05) is 20.3 Å². The minimum absolute atomic E-state index is 0.151. The first-order valence-electron chi connectivity index (χ1n) is 8.13. The van der Waals surface area contributed by atoms with Crippen LogP contribution in [0.1, 0.15) is 22.5 Å². The molecule has 1 saturated heterocycles. The minimum atomic E-state index is -0.340.